The van der Waals surface area contributed by atoms with Gasteiger partial charge in [0.05, 0.1) is 17.9 Å². The van der Waals surface area contributed by atoms with Gasteiger partial charge in [-0.05, 0) is 41.8 Å². The summed E-state index contributed by atoms with van der Waals surface area (Å²) >= 11 is 0. The second-order valence-corrected chi connectivity index (χ2v) is 6.57. The van der Waals surface area contributed by atoms with Crippen molar-refractivity contribution in [3.8, 4) is 11.3 Å². The first kappa shape index (κ1) is 16.5. The highest BCUT2D eigenvalue weighted by Gasteiger charge is 2.30. The topological polar surface area (TPSA) is 75.0 Å². The third-order valence-corrected chi connectivity index (χ3v) is 4.90. The molecule has 26 heavy (non-hydrogen) atoms. The van der Waals surface area contributed by atoms with Gasteiger partial charge in [-0.2, -0.15) is 5.10 Å². The Kier molecular flexibility index (Phi) is 4.26. The molecule has 2 aromatic carbocycles. The Morgan fingerprint density at radius 3 is 2.65 bits per heavy atom. The Balaban J connectivity index is 1.63. The minimum atomic E-state index is -0.360. The number of hydrogen-bond acceptors (Lipinski definition) is 3. The maximum absolute atomic E-state index is 13.2. The number of primary amides is 1. The number of hydrogen-bond donors (Lipinski definition) is 2. The number of aromatic nitrogens is 2. The fourth-order valence-corrected chi connectivity index (χ4v) is 3.54. The molecule has 0 fully saturated rings. The Bertz CT molecular complexity index is 935. The number of benzene rings is 2. The summed E-state index contributed by atoms with van der Waals surface area (Å²) in [6.45, 7) is 1.18. The van der Waals surface area contributed by atoms with Gasteiger partial charge < -0.3 is 5.73 Å². The first-order valence-corrected chi connectivity index (χ1v) is 8.50. The van der Waals surface area contributed by atoms with Crippen molar-refractivity contribution in [1.29, 1.82) is 0 Å². The Morgan fingerprint density at radius 2 is 1.92 bits per heavy atom. The van der Waals surface area contributed by atoms with Crippen molar-refractivity contribution in [2.24, 2.45) is 5.73 Å². The van der Waals surface area contributed by atoms with Crippen LogP contribution in [0.1, 0.15) is 16.7 Å². The van der Waals surface area contributed by atoms with Crippen LogP contribution in [0.2, 0.25) is 0 Å². The third-order valence-electron chi connectivity index (χ3n) is 4.90. The first-order chi connectivity index (χ1) is 12.6. The van der Waals surface area contributed by atoms with E-state index in [1.807, 2.05) is 18.2 Å². The number of rotatable bonds is 4. The van der Waals surface area contributed by atoms with Crippen molar-refractivity contribution < 1.29 is 9.18 Å². The van der Waals surface area contributed by atoms with Crippen LogP contribution in [-0.4, -0.2) is 27.0 Å². The summed E-state index contributed by atoms with van der Waals surface area (Å²) in [5.74, 6) is -0.609. The molecule has 0 aliphatic carbocycles. The number of fused-ring (bicyclic) bond motifs is 1. The first-order valence-electron chi connectivity index (χ1n) is 8.50. The normalized spacial score (nSPS) is 17.0. The number of aromatic amines is 1. The number of nitrogens with zero attached hydrogens (tertiary/aromatic N) is 2. The molecule has 4 rings (SSSR count). The zero-order chi connectivity index (χ0) is 18.1. The van der Waals surface area contributed by atoms with Gasteiger partial charge in [0.25, 0.3) is 0 Å². The van der Waals surface area contributed by atoms with Crippen LogP contribution in [0, 0.1) is 5.82 Å². The maximum atomic E-state index is 13.2. The molecule has 0 spiro atoms. The highest BCUT2D eigenvalue weighted by molar-refractivity contribution is 5.80. The molecule has 0 saturated carbocycles. The van der Waals surface area contributed by atoms with Gasteiger partial charge >= 0.3 is 0 Å². The summed E-state index contributed by atoms with van der Waals surface area (Å²) in [5.41, 5.74) is 10.7. The molecule has 132 valence electrons. The second-order valence-electron chi connectivity index (χ2n) is 6.57. The highest BCUT2D eigenvalue weighted by atomic mass is 19.1. The molecule has 3 aromatic rings. The standard InChI is InChI=1S/C20H19FN4O/c21-17-7-5-13(6-8-17)19-16(10-23-24-19)12-25-11-15-4-2-1-3-14(15)9-18(25)20(22)26/h1-8,10,18H,9,11-12H2,(H2,22,26)(H,23,24). The zero-order valence-electron chi connectivity index (χ0n) is 14.2. The average Bonchev–Trinajstić information content (AvgIpc) is 3.10. The number of H-pyrrole nitrogens is 1. The van der Waals surface area contributed by atoms with Crippen LogP contribution < -0.4 is 5.73 Å². The molecule has 0 radical (unpaired) electrons. The van der Waals surface area contributed by atoms with E-state index in [2.05, 4.69) is 21.2 Å². The van der Waals surface area contributed by atoms with Gasteiger partial charge in [0.1, 0.15) is 5.82 Å². The van der Waals surface area contributed by atoms with Crippen molar-refractivity contribution in [3.63, 3.8) is 0 Å². The molecule has 0 bridgehead atoms. The molecule has 0 saturated heterocycles. The van der Waals surface area contributed by atoms with Gasteiger partial charge in [0.15, 0.2) is 0 Å². The maximum Gasteiger partial charge on any atom is 0.235 e. The summed E-state index contributed by atoms with van der Waals surface area (Å²) in [6, 6.07) is 14.0. The van der Waals surface area contributed by atoms with Crippen molar-refractivity contribution in [1.82, 2.24) is 15.1 Å². The third kappa shape index (κ3) is 3.11. The number of carbonyl (C=O) groups is 1. The summed E-state index contributed by atoms with van der Waals surface area (Å²) in [4.78, 5) is 14.1. The summed E-state index contributed by atoms with van der Waals surface area (Å²) in [6.07, 6.45) is 2.35. The monoisotopic (exact) mass is 350 g/mol. The molecule has 1 unspecified atom stereocenters. The van der Waals surface area contributed by atoms with Crippen LogP contribution in [-0.2, 0) is 24.3 Å². The Labute approximate surface area is 150 Å². The van der Waals surface area contributed by atoms with E-state index in [1.54, 1.807) is 18.3 Å². The van der Waals surface area contributed by atoms with Crippen molar-refractivity contribution >= 4 is 5.91 Å². The van der Waals surface area contributed by atoms with Crippen LogP contribution in [0.5, 0.6) is 0 Å². The van der Waals surface area contributed by atoms with Crippen molar-refractivity contribution in [2.45, 2.75) is 25.6 Å². The zero-order valence-corrected chi connectivity index (χ0v) is 14.2. The molecule has 1 atom stereocenters. The smallest absolute Gasteiger partial charge is 0.235 e. The fourth-order valence-electron chi connectivity index (χ4n) is 3.54. The van der Waals surface area contributed by atoms with Crippen LogP contribution >= 0.6 is 0 Å². The molecule has 1 aliphatic rings. The summed E-state index contributed by atoms with van der Waals surface area (Å²) in [7, 11) is 0. The Hall–Kier alpha value is -2.99. The van der Waals surface area contributed by atoms with Gasteiger partial charge in [-0.3, -0.25) is 14.8 Å². The van der Waals surface area contributed by atoms with Gasteiger partial charge in [0, 0.05) is 24.2 Å². The molecule has 2 heterocycles. The molecule has 1 aromatic heterocycles. The number of halogens is 1. The summed E-state index contributed by atoms with van der Waals surface area (Å²) in [5, 5.41) is 7.12. The second kappa shape index (κ2) is 6.72. The minimum absolute atomic E-state index is 0.281. The lowest BCUT2D eigenvalue weighted by Crippen LogP contribution is -2.48. The molecular weight excluding hydrogens is 331 g/mol. The lowest BCUT2D eigenvalue weighted by Gasteiger charge is -2.35. The highest BCUT2D eigenvalue weighted by Crippen LogP contribution is 2.28. The molecular formula is C20H19FN4O. The van der Waals surface area contributed by atoms with Crippen LogP contribution in [0.15, 0.2) is 54.7 Å². The Morgan fingerprint density at radius 1 is 1.19 bits per heavy atom. The SMILES string of the molecule is NC(=O)C1Cc2ccccc2CN1Cc1cn[nH]c1-c1ccc(F)cc1. The van der Waals surface area contributed by atoms with Crippen LogP contribution in [0.25, 0.3) is 11.3 Å². The fraction of sp³-hybridized carbons (Fsp3) is 0.200. The van der Waals surface area contributed by atoms with E-state index in [0.29, 0.717) is 19.5 Å². The van der Waals surface area contributed by atoms with Gasteiger partial charge in [-0.1, -0.05) is 24.3 Å². The number of nitrogens with one attached hydrogen (secondary N) is 1. The quantitative estimate of drug-likeness (QED) is 0.759. The predicted molar refractivity (Wildman–Crippen MR) is 96.4 cm³/mol. The lowest BCUT2D eigenvalue weighted by atomic mass is 9.93. The number of nitrogens with two attached hydrogens (primary N) is 1. The molecule has 3 N–H and O–H groups in total. The van der Waals surface area contributed by atoms with Gasteiger partial charge in [-0.25, -0.2) is 4.39 Å². The van der Waals surface area contributed by atoms with E-state index in [1.165, 1.54) is 23.3 Å². The van der Waals surface area contributed by atoms with E-state index < -0.39 is 0 Å². The number of carbonyl (C=O) groups excluding carboxylic acids is 1. The van der Waals surface area contributed by atoms with Crippen molar-refractivity contribution in [3.05, 3.63) is 77.2 Å². The van der Waals surface area contributed by atoms with E-state index in [4.69, 9.17) is 5.73 Å². The van der Waals surface area contributed by atoms with Gasteiger partial charge in [-0.15, -0.1) is 0 Å². The molecule has 1 amide bonds. The van der Waals surface area contributed by atoms with E-state index in [0.717, 1.165) is 16.8 Å². The molecule has 5 nitrogen and oxygen atoms in total. The van der Waals surface area contributed by atoms with E-state index >= 15 is 0 Å². The van der Waals surface area contributed by atoms with Gasteiger partial charge in [0.2, 0.25) is 5.91 Å². The minimum Gasteiger partial charge on any atom is -0.368 e. The lowest BCUT2D eigenvalue weighted by molar-refractivity contribution is -0.124. The molecule has 6 heteroatoms. The van der Waals surface area contributed by atoms with Crippen LogP contribution in [0.3, 0.4) is 0 Å². The molecule has 1 aliphatic heterocycles. The van der Waals surface area contributed by atoms with E-state index in [9.17, 15) is 9.18 Å². The number of amides is 1. The average molecular weight is 350 g/mol. The predicted octanol–water partition coefficient (Wildman–Crippen LogP) is 2.63. The largest absolute Gasteiger partial charge is 0.368 e. The summed E-state index contributed by atoms with van der Waals surface area (Å²) < 4.78 is 13.2. The van der Waals surface area contributed by atoms with Crippen molar-refractivity contribution in [2.75, 3.05) is 0 Å². The van der Waals surface area contributed by atoms with E-state index in [-0.39, 0.29) is 17.8 Å². The van der Waals surface area contributed by atoms with Crippen LogP contribution in [0.4, 0.5) is 4.39 Å².